The monoisotopic (exact) mass is 310 g/mol. The Labute approximate surface area is 126 Å². The van der Waals surface area contributed by atoms with Gasteiger partial charge in [-0.15, -0.1) is 0 Å². The lowest BCUT2D eigenvalue weighted by Gasteiger charge is -2.37. The number of carbonyl (C=O) groups excluding carboxylic acids is 2. The fourth-order valence-electron chi connectivity index (χ4n) is 2.21. The molecule has 3 N–H and O–H groups in total. The van der Waals surface area contributed by atoms with Crippen LogP contribution in [0.5, 0.6) is 0 Å². The smallest absolute Gasteiger partial charge is 0.311 e. The molecule has 0 aromatic carbocycles. The lowest BCUT2D eigenvalue weighted by atomic mass is 9.69. The van der Waals surface area contributed by atoms with Crippen LogP contribution in [0.2, 0.25) is 0 Å². The van der Waals surface area contributed by atoms with Crippen molar-refractivity contribution in [2.24, 2.45) is 5.41 Å². The van der Waals surface area contributed by atoms with Crippen molar-refractivity contribution in [1.82, 2.24) is 10.6 Å². The molecule has 1 heterocycles. The van der Waals surface area contributed by atoms with Gasteiger partial charge in [-0.25, -0.2) is 0 Å². The van der Waals surface area contributed by atoms with Crippen LogP contribution >= 0.6 is 11.3 Å². The summed E-state index contributed by atoms with van der Waals surface area (Å²) in [7, 11) is 0. The number of hydrogen-bond donors (Lipinski definition) is 3. The number of carboxylic acids is 1. The Morgan fingerprint density at radius 3 is 2.57 bits per heavy atom. The molecule has 21 heavy (non-hydrogen) atoms. The fraction of sp³-hybridized carbons (Fsp3) is 0.500. The van der Waals surface area contributed by atoms with Crippen molar-refractivity contribution in [2.45, 2.75) is 25.7 Å². The lowest BCUT2D eigenvalue weighted by molar-refractivity contribution is -0.154. The van der Waals surface area contributed by atoms with E-state index in [-0.39, 0.29) is 31.3 Å². The van der Waals surface area contributed by atoms with Gasteiger partial charge < -0.3 is 15.7 Å². The number of amides is 2. The van der Waals surface area contributed by atoms with Crippen molar-refractivity contribution in [1.29, 1.82) is 0 Å². The molecule has 114 valence electrons. The van der Waals surface area contributed by atoms with Crippen LogP contribution in [0.15, 0.2) is 16.8 Å². The minimum absolute atomic E-state index is 0.144. The highest BCUT2D eigenvalue weighted by molar-refractivity contribution is 7.08. The van der Waals surface area contributed by atoms with Crippen molar-refractivity contribution in [2.75, 3.05) is 13.1 Å². The molecule has 2 rings (SSSR count). The third-order valence-corrected chi connectivity index (χ3v) is 4.49. The van der Waals surface area contributed by atoms with E-state index in [4.69, 9.17) is 5.11 Å². The molecule has 0 aliphatic heterocycles. The van der Waals surface area contributed by atoms with Gasteiger partial charge in [0.25, 0.3) is 5.91 Å². The van der Waals surface area contributed by atoms with Gasteiger partial charge in [-0.1, -0.05) is 6.42 Å². The molecule has 1 saturated carbocycles. The number of carboxylic acid groups (broad SMARTS) is 1. The molecule has 1 aliphatic rings. The van der Waals surface area contributed by atoms with E-state index in [9.17, 15) is 14.4 Å². The highest BCUT2D eigenvalue weighted by Gasteiger charge is 2.44. The molecule has 0 atom stereocenters. The largest absolute Gasteiger partial charge is 0.481 e. The summed E-state index contributed by atoms with van der Waals surface area (Å²) in [4.78, 5) is 34.4. The van der Waals surface area contributed by atoms with Crippen molar-refractivity contribution in [3.63, 3.8) is 0 Å². The van der Waals surface area contributed by atoms with E-state index in [1.165, 1.54) is 11.3 Å². The van der Waals surface area contributed by atoms with E-state index in [0.29, 0.717) is 18.4 Å². The molecule has 6 nitrogen and oxygen atoms in total. The second kappa shape index (κ2) is 6.71. The molecular formula is C14H18N2O4S. The molecule has 0 saturated heterocycles. The van der Waals surface area contributed by atoms with Gasteiger partial charge in [0.15, 0.2) is 0 Å². The van der Waals surface area contributed by atoms with Gasteiger partial charge in [-0.05, 0) is 24.3 Å². The summed E-state index contributed by atoms with van der Waals surface area (Å²) < 4.78 is 0. The Bertz CT molecular complexity index is 523. The number of rotatable bonds is 7. The number of thiophene rings is 1. The van der Waals surface area contributed by atoms with E-state index < -0.39 is 11.4 Å². The van der Waals surface area contributed by atoms with Crippen LogP contribution in [0.1, 0.15) is 36.0 Å². The van der Waals surface area contributed by atoms with Gasteiger partial charge in [0.05, 0.1) is 5.41 Å². The number of hydrogen-bond acceptors (Lipinski definition) is 4. The zero-order valence-electron chi connectivity index (χ0n) is 11.6. The number of nitrogens with one attached hydrogen (secondary N) is 2. The van der Waals surface area contributed by atoms with Gasteiger partial charge in [0.2, 0.25) is 5.91 Å². The van der Waals surface area contributed by atoms with Crippen molar-refractivity contribution in [3.8, 4) is 0 Å². The Hall–Kier alpha value is -1.89. The maximum Gasteiger partial charge on any atom is 0.311 e. The second-order valence-corrected chi connectivity index (χ2v) is 6.01. The van der Waals surface area contributed by atoms with E-state index in [1.807, 2.05) is 5.38 Å². The van der Waals surface area contributed by atoms with Gasteiger partial charge in [0, 0.05) is 30.5 Å². The standard InChI is InChI=1S/C14H18N2O4S/c17-11(16-9-14(13(19)20)4-1-5-14)2-6-15-12(18)10-3-7-21-8-10/h3,7-8H,1-2,4-6,9H2,(H,15,18)(H,16,17)(H,19,20). The summed E-state index contributed by atoms with van der Waals surface area (Å²) in [6.45, 7) is 0.403. The first-order valence-electron chi connectivity index (χ1n) is 6.84. The van der Waals surface area contributed by atoms with Crippen LogP contribution in [-0.4, -0.2) is 36.0 Å². The quantitative estimate of drug-likeness (QED) is 0.706. The zero-order valence-corrected chi connectivity index (χ0v) is 12.4. The summed E-state index contributed by atoms with van der Waals surface area (Å²) in [5.74, 6) is -1.29. The normalized spacial score (nSPS) is 15.8. The summed E-state index contributed by atoms with van der Waals surface area (Å²) in [5.41, 5.74) is -0.199. The minimum Gasteiger partial charge on any atom is -0.481 e. The van der Waals surface area contributed by atoms with E-state index in [2.05, 4.69) is 10.6 Å². The van der Waals surface area contributed by atoms with Crippen LogP contribution in [0, 0.1) is 5.41 Å². The maximum absolute atomic E-state index is 11.7. The van der Waals surface area contributed by atoms with E-state index >= 15 is 0 Å². The maximum atomic E-state index is 11.7. The molecule has 1 aromatic rings. The summed E-state index contributed by atoms with van der Waals surface area (Å²) >= 11 is 1.43. The highest BCUT2D eigenvalue weighted by atomic mass is 32.1. The molecule has 1 aromatic heterocycles. The highest BCUT2D eigenvalue weighted by Crippen LogP contribution is 2.40. The molecule has 0 bridgehead atoms. The molecule has 0 radical (unpaired) electrons. The van der Waals surface area contributed by atoms with Gasteiger partial charge in [0.1, 0.15) is 0 Å². The number of carbonyl (C=O) groups is 3. The van der Waals surface area contributed by atoms with Gasteiger partial charge in [-0.3, -0.25) is 14.4 Å². The predicted octanol–water partition coefficient (Wildman–Crippen LogP) is 1.24. The van der Waals surface area contributed by atoms with Crippen molar-refractivity contribution < 1.29 is 19.5 Å². The molecule has 0 unspecified atom stereocenters. The van der Waals surface area contributed by atoms with Crippen LogP contribution in [0.4, 0.5) is 0 Å². The van der Waals surface area contributed by atoms with Crippen LogP contribution in [0.25, 0.3) is 0 Å². The molecular weight excluding hydrogens is 292 g/mol. The van der Waals surface area contributed by atoms with Crippen molar-refractivity contribution in [3.05, 3.63) is 22.4 Å². The first kappa shape index (κ1) is 15.5. The third kappa shape index (κ3) is 3.81. The van der Waals surface area contributed by atoms with Gasteiger partial charge >= 0.3 is 5.97 Å². The predicted molar refractivity (Wildman–Crippen MR) is 78.2 cm³/mol. The summed E-state index contributed by atoms with van der Waals surface area (Å²) in [5, 5.41) is 18.0. The molecule has 2 amide bonds. The van der Waals surface area contributed by atoms with E-state index in [1.54, 1.807) is 11.4 Å². The Morgan fingerprint density at radius 2 is 2.05 bits per heavy atom. The van der Waals surface area contributed by atoms with Crippen LogP contribution in [0.3, 0.4) is 0 Å². The summed E-state index contributed by atoms with van der Waals surface area (Å²) in [6, 6.07) is 1.72. The van der Waals surface area contributed by atoms with Crippen LogP contribution < -0.4 is 10.6 Å². The Morgan fingerprint density at radius 1 is 1.29 bits per heavy atom. The Balaban J connectivity index is 1.66. The third-order valence-electron chi connectivity index (χ3n) is 3.81. The molecule has 1 aliphatic carbocycles. The van der Waals surface area contributed by atoms with E-state index in [0.717, 1.165) is 6.42 Å². The minimum atomic E-state index is -0.847. The molecule has 0 spiro atoms. The number of aliphatic carboxylic acids is 1. The topological polar surface area (TPSA) is 95.5 Å². The average Bonchev–Trinajstić information content (AvgIpc) is 2.90. The van der Waals surface area contributed by atoms with Crippen molar-refractivity contribution >= 4 is 29.1 Å². The average molecular weight is 310 g/mol. The van der Waals surface area contributed by atoms with Crippen LogP contribution in [-0.2, 0) is 9.59 Å². The molecule has 1 fully saturated rings. The zero-order chi connectivity index (χ0) is 15.3. The Kier molecular flexibility index (Phi) is 4.95. The lowest BCUT2D eigenvalue weighted by Crippen LogP contribution is -2.47. The first-order valence-corrected chi connectivity index (χ1v) is 7.78. The first-order chi connectivity index (χ1) is 10.0. The molecule has 7 heteroatoms. The summed E-state index contributed by atoms with van der Waals surface area (Å²) in [6.07, 6.45) is 2.25. The van der Waals surface area contributed by atoms with Gasteiger partial charge in [-0.2, -0.15) is 11.3 Å². The second-order valence-electron chi connectivity index (χ2n) is 5.23. The SMILES string of the molecule is O=C(CCNC(=O)c1ccsc1)NCC1(C(=O)O)CCC1. The fourth-order valence-corrected chi connectivity index (χ4v) is 2.85.